The Balaban J connectivity index is 1.69. The van der Waals surface area contributed by atoms with Gasteiger partial charge in [-0.1, -0.05) is 51.8 Å². The fourth-order valence-corrected chi connectivity index (χ4v) is 2.68. The van der Waals surface area contributed by atoms with Gasteiger partial charge in [0.05, 0.1) is 5.56 Å². The number of rotatable bonds is 5. The first-order valence-corrected chi connectivity index (χ1v) is 9.17. The van der Waals surface area contributed by atoms with Crippen molar-refractivity contribution in [3.63, 3.8) is 0 Å². The molecule has 0 bridgehead atoms. The van der Waals surface area contributed by atoms with Crippen molar-refractivity contribution >= 4 is 33.8 Å². The molecular weight excluding hydrogens is 404 g/mol. The predicted molar refractivity (Wildman–Crippen MR) is 110 cm³/mol. The molecule has 3 nitrogen and oxygen atoms in total. The molecule has 0 N–H and O–H groups in total. The smallest absolute Gasteiger partial charge is 0.343 e. The molecule has 3 aromatic carbocycles. The highest BCUT2D eigenvalue weighted by molar-refractivity contribution is 9.10. The van der Waals surface area contributed by atoms with Gasteiger partial charge in [0.25, 0.3) is 0 Å². The SMILES string of the molecule is Cc1ccc(C(=O)Oc2cccc(C=CC(=O)c3ccc(Br)cc3)c2)cc1. The van der Waals surface area contributed by atoms with Crippen LogP contribution in [0.3, 0.4) is 0 Å². The summed E-state index contributed by atoms with van der Waals surface area (Å²) in [5.74, 6) is -0.0783. The zero-order valence-corrected chi connectivity index (χ0v) is 16.3. The van der Waals surface area contributed by atoms with Gasteiger partial charge < -0.3 is 4.74 Å². The van der Waals surface area contributed by atoms with Crippen molar-refractivity contribution in [2.75, 3.05) is 0 Å². The van der Waals surface area contributed by atoms with Crippen molar-refractivity contribution in [3.05, 3.63) is 106 Å². The second-order valence-corrected chi connectivity index (χ2v) is 6.95. The van der Waals surface area contributed by atoms with E-state index in [-0.39, 0.29) is 5.78 Å². The van der Waals surface area contributed by atoms with Crippen LogP contribution in [-0.4, -0.2) is 11.8 Å². The van der Waals surface area contributed by atoms with Crippen LogP contribution in [-0.2, 0) is 0 Å². The summed E-state index contributed by atoms with van der Waals surface area (Å²) < 4.78 is 6.34. The lowest BCUT2D eigenvalue weighted by molar-refractivity contribution is 0.0734. The summed E-state index contributed by atoms with van der Waals surface area (Å²) in [6.07, 6.45) is 3.21. The first kappa shape index (κ1) is 18.8. The number of aryl methyl sites for hydroxylation is 1. The fourth-order valence-electron chi connectivity index (χ4n) is 2.42. The monoisotopic (exact) mass is 420 g/mol. The third kappa shape index (κ3) is 5.25. The van der Waals surface area contributed by atoms with Crippen LogP contribution in [0.15, 0.2) is 83.3 Å². The Morgan fingerprint density at radius 2 is 1.56 bits per heavy atom. The molecule has 0 aromatic heterocycles. The van der Waals surface area contributed by atoms with Gasteiger partial charge in [-0.25, -0.2) is 4.79 Å². The second kappa shape index (κ2) is 8.60. The number of ether oxygens (including phenoxy) is 1. The maximum atomic E-state index is 12.2. The van der Waals surface area contributed by atoms with E-state index in [9.17, 15) is 9.59 Å². The molecule has 0 saturated heterocycles. The molecule has 134 valence electrons. The van der Waals surface area contributed by atoms with Crippen LogP contribution in [0.25, 0.3) is 6.08 Å². The minimum atomic E-state index is -0.415. The van der Waals surface area contributed by atoms with Gasteiger partial charge in [-0.15, -0.1) is 0 Å². The van der Waals surface area contributed by atoms with Gasteiger partial charge in [-0.2, -0.15) is 0 Å². The zero-order valence-electron chi connectivity index (χ0n) is 14.7. The molecule has 27 heavy (non-hydrogen) atoms. The third-order valence-electron chi connectivity index (χ3n) is 3.91. The molecule has 0 spiro atoms. The van der Waals surface area contributed by atoms with Gasteiger partial charge in [0.15, 0.2) is 5.78 Å². The lowest BCUT2D eigenvalue weighted by Gasteiger charge is -2.05. The third-order valence-corrected chi connectivity index (χ3v) is 4.44. The van der Waals surface area contributed by atoms with Crippen LogP contribution >= 0.6 is 15.9 Å². The molecule has 0 unspecified atom stereocenters. The Morgan fingerprint density at radius 3 is 2.26 bits per heavy atom. The van der Waals surface area contributed by atoms with E-state index in [1.54, 1.807) is 48.5 Å². The topological polar surface area (TPSA) is 43.4 Å². The standard InChI is InChI=1S/C23H17BrO3/c1-16-5-8-19(9-6-16)23(26)27-21-4-2-3-17(15-21)7-14-22(25)18-10-12-20(24)13-11-18/h2-15H,1H3. The largest absolute Gasteiger partial charge is 0.423 e. The molecular formula is C23H17BrO3. The highest BCUT2D eigenvalue weighted by Crippen LogP contribution is 2.17. The number of carbonyl (C=O) groups excluding carboxylic acids is 2. The number of allylic oxidation sites excluding steroid dienone is 1. The maximum Gasteiger partial charge on any atom is 0.343 e. The molecule has 0 fully saturated rings. The molecule has 3 aromatic rings. The Morgan fingerprint density at radius 1 is 0.889 bits per heavy atom. The van der Waals surface area contributed by atoms with E-state index in [2.05, 4.69) is 15.9 Å². The van der Waals surface area contributed by atoms with Crippen molar-refractivity contribution in [2.45, 2.75) is 6.92 Å². The predicted octanol–water partition coefficient (Wildman–Crippen LogP) is 5.87. The molecule has 0 radical (unpaired) electrons. The lowest BCUT2D eigenvalue weighted by Crippen LogP contribution is -2.08. The Hall–Kier alpha value is -2.98. The van der Waals surface area contributed by atoms with Crippen LogP contribution < -0.4 is 4.74 Å². The van der Waals surface area contributed by atoms with Crippen LogP contribution in [0, 0.1) is 6.92 Å². The van der Waals surface area contributed by atoms with Gasteiger partial charge in [-0.05, 0) is 67.1 Å². The summed E-state index contributed by atoms with van der Waals surface area (Å²) >= 11 is 3.35. The van der Waals surface area contributed by atoms with Crippen molar-refractivity contribution in [1.29, 1.82) is 0 Å². The maximum absolute atomic E-state index is 12.2. The molecule has 0 saturated carbocycles. The van der Waals surface area contributed by atoms with Crippen molar-refractivity contribution in [3.8, 4) is 5.75 Å². The zero-order chi connectivity index (χ0) is 19.2. The summed E-state index contributed by atoms with van der Waals surface area (Å²) in [6.45, 7) is 1.96. The van der Waals surface area contributed by atoms with Crippen molar-refractivity contribution in [1.82, 2.24) is 0 Å². The molecule has 0 heterocycles. The molecule has 0 aliphatic carbocycles. The molecule has 0 atom stereocenters. The summed E-state index contributed by atoms with van der Waals surface area (Å²) in [5.41, 5.74) is 2.95. The van der Waals surface area contributed by atoms with Gasteiger partial charge in [0.1, 0.15) is 5.75 Å². The van der Waals surface area contributed by atoms with Gasteiger partial charge in [-0.3, -0.25) is 4.79 Å². The first-order chi connectivity index (χ1) is 13.0. The van der Waals surface area contributed by atoms with E-state index in [4.69, 9.17) is 4.74 Å². The van der Waals surface area contributed by atoms with E-state index >= 15 is 0 Å². The molecule has 3 rings (SSSR count). The number of ketones is 1. The summed E-state index contributed by atoms with van der Waals surface area (Å²) in [7, 11) is 0. The lowest BCUT2D eigenvalue weighted by atomic mass is 10.1. The summed E-state index contributed by atoms with van der Waals surface area (Å²) in [5, 5.41) is 0. The number of esters is 1. The average molecular weight is 421 g/mol. The minimum absolute atomic E-state index is 0.0930. The number of carbonyl (C=O) groups is 2. The van der Waals surface area contributed by atoms with Crippen molar-refractivity contribution in [2.24, 2.45) is 0 Å². The quantitative estimate of drug-likeness (QED) is 0.224. The van der Waals surface area contributed by atoms with Crippen LogP contribution in [0.1, 0.15) is 31.8 Å². The van der Waals surface area contributed by atoms with Crippen LogP contribution in [0.5, 0.6) is 5.75 Å². The Bertz CT molecular complexity index is 987. The molecule has 0 aliphatic rings. The number of hydrogen-bond donors (Lipinski definition) is 0. The number of halogens is 1. The van der Waals surface area contributed by atoms with E-state index in [0.717, 1.165) is 15.6 Å². The average Bonchev–Trinajstić information content (AvgIpc) is 2.67. The van der Waals surface area contributed by atoms with Gasteiger partial charge in [0.2, 0.25) is 0 Å². The Labute approximate surface area is 166 Å². The van der Waals surface area contributed by atoms with E-state index in [1.807, 2.05) is 37.3 Å². The second-order valence-electron chi connectivity index (χ2n) is 6.03. The molecule has 4 heteroatoms. The van der Waals surface area contributed by atoms with Gasteiger partial charge >= 0.3 is 5.97 Å². The Kier molecular flexibility index (Phi) is 5.99. The molecule has 0 amide bonds. The summed E-state index contributed by atoms with van der Waals surface area (Å²) in [6, 6.07) is 21.4. The van der Waals surface area contributed by atoms with E-state index in [1.165, 1.54) is 6.08 Å². The first-order valence-electron chi connectivity index (χ1n) is 8.38. The van der Waals surface area contributed by atoms with Gasteiger partial charge in [0, 0.05) is 10.0 Å². The normalized spacial score (nSPS) is 10.7. The number of hydrogen-bond acceptors (Lipinski definition) is 3. The minimum Gasteiger partial charge on any atom is -0.423 e. The molecule has 0 aliphatic heterocycles. The van der Waals surface area contributed by atoms with Crippen LogP contribution in [0.2, 0.25) is 0 Å². The van der Waals surface area contributed by atoms with Crippen LogP contribution in [0.4, 0.5) is 0 Å². The van der Waals surface area contributed by atoms with E-state index < -0.39 is 5.97 Å². The fraction of sp³-hybridized carbons (Fsp3) is 0.0435. The highest BCUT2D eigenvalue weighted by atomic mass is 79.9. The number of benzene rings is 3. The summed E-state index contributed by atoms with van der Waals surface area (Å²) in [4.78, 5) is 24.4. The highest BCUT2D eigenvalue weighted by Gasteiger charge is 2.08. The van der Waals surface area contributed by atoms with Crippen molar-refractivity contribution < 1.29 is 14.3 Å². The van der Waals surface area contributed by atoms with E-state index in [0.29, 0.717) is 16.9 Å².